The monoisotopic (exact) mass is 350 g/mol. The van der Waals surface area contributed by atoms with E-state index in [1.54, 1.807) is 7.11 Å². The molecule has 4 heteroatoms. The third-order valence-electron chi connectivity index (χ3n) is 8.89. The Morgan fingerprint density at radius 2 is 1.76 bits per heavy atom. The highest BCUT2D eigenvalue weighted by Gasteiger charge is 2.64. The van der Waals surface area contributed by atoms with E-state index in [1.807, 2.05) is 7.11 Å². The zero-order chi connectivity index (χ0) is 18.0. The Kier molecular flexibility index (Phi) is 4.33. The summed E-state index contributed by atoms with van der Waals surface area (Å²) >= 11 is 0. The predicted octanol–water partition coefficient (Wildman–Crippen LogP) is 3.21. The molecule has 4 rings (SSSR count). The SMILES string of the molecule is CO[C@H]1C[C@]2(C)C(=O)CC[C@H]2[C@@H]2CC[C@H]3C[C@H](O)[C@@H](OC)C[C@]3(C)[C@H]21. The van der Waals surface area contributed by atoms with Gasteiger partial charge in [0.25, 0.3) is 0 Å². The van der Waals surface area contributed by atoms with Crippen LogP contribution in [-0.2, 0) is 14.3 Å². The first-order valence-electron chi connectivity index (χ1n) is 10.1. The molecular weight excluding hydrogens is 316 g/mol. The summed E-state index contributed by atoms with van der Waals surface area (Å²) in [5.74, 6) is 2.56. The average molecular weight is 350 g/mol. The van der Waals surface area contributed by atoms with Crippen LogP contribution >= 0.6 is 0 Å². The minimum absolute atomic E-state index is 0.0731. The summed E-state index contributed by atoms with van der Waals surface area (Å²) in [7, 11) is 3.54. The summed E-state index contributed by atoms with van der Waals surface area (Å²) in [6.45, 7) is 4.62. The Labute approximate surface area is 151 Å². The molecule has 0 aliphatic heterocycles. The quantitative estimate of drug-likeness (QED) is 0.831. The van der Waals surface area contributed by atoms with E-state index in [-0.39, 0.29) is 29.1 Å². The molecule has 0 saturated heterocycles. The van der Waals surface area contributed by atoms with Crippen molar-refractivity contribution >= 4 is 5.78 Å². The number of aliphatic hydroxyl groups is 1. The Hall–Kier alpha value is -0.450. The van der Waals surface area contributed by atoms with Crippen molar-refractivity contribution in [3.05, 3.63) is 0 Å². The van der Waals surface area contributed by atoms with Crippen LogP contribution in [0.15, 0.2) is 0 Å². The molecule has 142 valence electrons. The Morgan fingerprint density at radius 3 is 2.44 bits per heavy atom. The van der Waals surface area contributed by atoms with Crippen LogP contribution in [0, 0.1) is 34.5 Å². The van der Waals surface area contributed by atoms with E-state index in [2.05, 4.69) is 13.8 Å². The number of Topliss-reactive ketones (excluding diaryl/α,β-unsaturated/α-hetero) is 1. The number of carbonyl (C=O) groups is 1. The molecule has 4 fully saturated rings. The molecule has 0 heterocycles. The van der Waals surface area contributed by atoms with Crippen molar-refractivity contribution in [2.45, 2.75) is 77.1 Å². The van der Waals surface area contributed by atoms with Gasteiger partial charge in [-0.25, -0.2) is 0 Å². The van der Waals surface area contributed by atoms with Crippen molar-refractivity contribution in [3.8, 4) is 0 Å². The molecule has 0 radical (unpaired) electrons. The van der Waals surface area contributed by atoms with E-state index < -0.39 is 0 Å². The van der Waals surface area contributed by atoms with Crippen molar-refractivity contribution < 1.29 is 19.4 Å². The van der Waals surface area contributed by atoms with Crippen LogP contribution in [0.5, 0.6) is 0 Å². The molecule has 4 aliphatic rings. The van der Waals surface area contributed by atoms with Gasteiger partial charge in [0.1, 0.15) is 5.78 Å². The van der Waals surface area contributed by atoms with Crippen molar-refractivity contribution in [2.24, 2.45) is 34.5 Å². The topological polar surface area (TPSA) is 55.8 Å². The third-order valence-corrected chi connectivity index (χ3v) is 8.89. The molecule has 4 saturated carbocycles. The molecule has 0 aromatic rings. The number of carbonyl (C=O) groups excluding carboxylic acids is 1. The Morgan fingerprint density at radius 1 is 1.04 bits per heavy atom. The molecular formula is C21H34O4. The normalized spacial score (nSPS) is 55.4. The maximum atomic E-state index is 12.7. The second-order valence-electron chi connectivity index (χ2n) is 9.72. The summed E-state index contributed by atoms with van der Waals surface area (Å²) in [6.07, 6.45) is 6.52. The lowest BCUT2D eigenvalue weighted by atomic mass is 9.44. The number of fused-ring (bicyclic) bond motifs is 5. The number of methoxy groups -OCH3 is 2. The molecule has 9 atom stereocenters. The van der Waals surface area contributed by atoms with E-state index in [0.717, 1.165) is 32.1 Å². The number of ketones is 1. The van der Waals surface area contributed by atoms with Crippen molar-refractivity contribution in [1.82, 2.24) is 0 Å². The van der Waals surface area contributed by atoms with E-state index in [0.29, 0.717) is 29.5 Å². The van der Waals surface area contributed by atoms with E-state index >= 15 is 0 Å². The molecule has 25 heavy (non-hydrogen) atoms. The first-order valence-corrected chi connectivity index (χ1v) is 10.1. The van der Waals surface area contributed by atoms with Crippen LogP contribution in [0.25, 0.3) is 0 Å². The fourth-order valence-electron chi connectivity index (χ4n) is 7.58. The zero-order valence-electron chi connectivity index (χ0n) is 16.2. The second-order valence-corrected chi connectivity index (χ2v) is 9.72. The van der Waals surface area contributed by atoms with Crippen LogP contribution in [0.1, 0.15) is 58.8 Å². The number of hydrogen-bond acceptors (Lipinski definition) is 4. The number of aliphatic hydroxyl groups excluding tert-OH is 1. The first kappa shape index (κ1) is 17.9. The third kappa shape index (κ3) is 2.40. The van der Waals surface area contributed by atoms with E-state index in [4.69, 9.17) is 9.47 Å². The molecule has 0 amide bonds. The fraction of sp³-hybridized carbons (Fsp3) is 0.952. The summed E-state index contributed by atoms with van der Waals surface area (Å²) in [6, 6.07) is 0. The van der Waals surface area contributed by atoms with E-state index in [1.165, 1.54) is 12.8 Å². The molecule has 0 bridgehead atoms. The van der Waals surface area contributed by atoms with Gasteiger partial charge in [0, 0.05) is 26.1 Å². The van der Waals surface area contributed by atoms with Gasteiger partial charge in [-0.05, 0) is 67.6 Å². The second kappa shape index (κ2) is 6.03. The average Bonchev–Trinajstić information content (AvgIpc) is 2.89. The lowest BCUT2D eigenvalue weighted by Crippen LogP contribution is -2.61. The van der Waals surface area contributed by atoms with Crippen molar-refractivity contribution in [2.75, 3.05) is 14.2 Å². The van der Waals surface area contributed by atoms with Gasteiger partial charge in [-0.2, -0.15) is 0 Å². The Bertz CT molecular complexity index is 548. The summed E-state index contributed by atoms with van der Waals surface area (Å²) < 4.78 is 11.7. The van der Waals surface area contributed by atoms with Gasteiger partial charge in [0.15, 0.2) is 0 Å². The molecule has 0 aromatic carbocycles. The predicted molar refractivity (Wildman–Crippen MR) is 95.1 cm³/mol. The summed E-state index contributed by atoms with van der Waals surface area (Å²) in [4.78, 5) is 12.7. The number of rotatable bonds is 2. The summed E-state index contributed by atoms with van der Waals surface area (Å²) in [5, 5.41) is 10.5. The van der Waals surface area contributed by atoms with Gasteiger partial charge in [0.2, 0.25) is 0 Å². The maximum Gasteiger partial charge on any atom is 0.139 e. The standard InChI is InChI=1S/C21H34O4/c1-20-10-16(24-3)15(22)9-12(20)5-6-13-14-7-8-18(23)21(14,2)11-17(25-4)19(13)20/h12-17,19,22H,5-11H2,1-4H3/t12-,13-,14-,15-,16-,17-,19+,20-,21-/m0/s1. The van der Waals surface area contributed by atoms with Gasteiger partial charge < -0.3 is 14.6 Å². The molecule has 0 spiro atoms. The maximum absolute atomic E-state index is 12.7. The molecule has 0 aromatic heterocycles. The van der Waals surface area contributed by atoms with Crippen molar-refractivity contribution in [1.29, 1.82) is 0 Å². The largest absolute Gasteiger partial charge is 0.390 e. The fourth-order valence-corrected chi connectivity index (χ4v) is 7.58. The summed E-state index contributed by atoms with van der Waals surface area (Å²) in [5.41, 5.74) is -0.0453. The van der Waals surface area contributed by atoms with Gasteiger partial charge in [-0.15, -0.1) is 0 Å². The highest BCUT2D eigenvalue weighted by molar-refractivity contribution is 5.87. The Balaban J connectivity index is 1.71. The first-order chi connectivity index (χ1) is 11.8. The minimum Gasteiger partial charge on any atom is -0.390 e. The smallest absolute Gasteiger partial charge is 0.139 e. The highest BCUT2D eigenvalue weighted by Crippen LogP contribution is 2.66. The minimum atomic E-state index is -0.345. The lowest BCUT2D eigenvalue weighted by molar-refractivity contribution is -0.201. The number of hydrogen-bond donors (Lipinski definition) is 1. The van der Waals surface area contributed by atoms with Crippen LogP contribution in [-0.4, -0.2) is 43.4 Å². The van der Waals surface area contributed by atoms with Gasteiger partial charge in [-0.3, -0.25) is 4.79 Å². The van der Waals surface area contributed by atoms with Gasteiger partial charge in [-0.1, -0.05) is 13.8 Å². The van der Waals surface area contributed by atoms with E-state index in [9.17, 15) is 9.90 Å². The molecule has 4 aliphatic carbocycles. The van der Waals surface area contributed by atoms with Crippen molar-refractivity contribution in [3.63, 3.8) is 0 Å². The van der Waals surface area contributed by atoms with Crippen LogP contribution in [0.4, 0.5) is 0 Å². The van der Waals surface area contributed by atoms with Gasteiger partial charge in [0.05, 0.1) is 18.3 Å². The number of ether oxygens (including phenoxy) is 2. The molecule has 0 unspecified atom stereocenters. The highest BCUT2D eigenvalue weighted by atomic mass is 16.5. The molecule has 1 N–H and O–H groups in total. The van der Waals surface area contributed by atoms with Crippen LogP contribution in [0.2, 0.25) is 0 Å². The van der Waals surface area contributed by atoms with Crippen LogP contribution in [0.3, 0.4) is 0 Å². The lowest BCUT2D eigenvalue weighted by Gasteiger charge is -2.62. The zero-order valence-corrected chi connectivity index (χ0v) is 16.2. The molecule has 4 nitrogen and oxygen atoms in total. The van der Waals surface area contributed by atoms with Crippen LogP contribution < -0.4 is 0 Å². The van der Waals surface area contributed by atoms with Gasteiger partial charge >= 0.3 is 0 Å².